The number of halogens is 1. The van der Waals surface area contributed by atoms with Crippen molar-refractivity contribution in [1.82, 2.24) is 15.5 Å². The molecule has 1 unspecified atom stereocenters. The standard InChI is InChI=1S/C16H34N4O.HI/c1-5-9-20-10-7-15(8-11-20)12-18-16(17-6-2)19-14(3)13-21-4;/h14-15H,5-13H2,1-4H3,(H2,17,18,19);1H. The molecule has 0 aromatic carbocycles. The van der Waals surface area contributed by atoms with Crippen LogP contribution in [0, 0.1) is 5.92 Å². The van der Waals surface area contributed by atoms with Crippen LogP contribution in [0.2, 0.25) is 0 Å². The normalized spacial score (nSPS) is 18.6. The number of ether oxygens (including phenoxy) is 1. The minimum Gasteiger partial charge on any atom is -0.383 e. The maximum atomic E-state index is 5.16. The smallest absolute Gasteiger partial charge is 0.191 e. The quantitative estimate of drug-likeness (QED) is 0.355. The number of methoxy groups -OCH3 is 1. The van der Waals surface area contributed by atoms with E-state index in [1.165, 1.54) is 38.9 Å². The Hall–Kier alpha value is -0.0800. The van der Waals surface area contributed by atoms with Gasteiger partial charge in [0.2, 0.25) is 0 Å². The van der Waals surface area contributed by atoms with Crippen LogP contribution in [-0.2, 0) is 4.74 Å². The zero-order chi connectivity index (χ0) is 15.5. The van der Waals surface area contributed by atoms with Crippen LogP contribution >= 0.6 is 24.0 Å². The summed E-state index contributed by atoms with van der Waals surface area (Å²) in [4.78, 5) is 7.32. The summed E-state index contributed by atoms with van der Waals surface area (Å²) in [6.07, 6.45) is 3.81. The minimum atomic E-state index is 0. The number of hydrogen-bond donors (Lipinski definition) is 2. The first-order chi connectivity index (χ1) is 10.2. The van der Waals surface area contributed by atoms with Crippen molar-refractivity contribution >= 4 is 29.9 Å². The molecule has 1 rings (SSSR count). The summed E-state index contributed by atoms with van der Waals surface area (Å²) in [6, 6.07) is 0.277. The van der Waals surface area contributed by atoms with E-state index in [0.717, 1.165) is 25.0 Å². The second-order valence-corrected chi connectivity index (χ2v) is 6.01. The van der Waals surface area contributed by atoms with Gasteiger partial charge in [0, 0.05) is 26.2 Å². The molecule has 0 bridgehead atoms. The fraction of sp³-hybridized carbons (Fsp3) is 0.938. The Labute approximate surface area is 153 Å². The average molecular weight is 426 g/mol. The Morgan fingerprint density at radius 1 is 1.32 bits per heavy atom. The highest BCUT2D eigenvalue weighted by Crippen LogP contribution is 2.17. The van der Waals surface area contributed by atoms with E-state index >= 15 is 0 Å². The van der Waals surface area contributed by atoms with Crippen LogP contribution in [0.1, 0.15) is 40.0 Å². The molecule has 1 aliphatic heterocycles. The lowest BCUT2D eigenvalue weighted by Gasteiger charge is -2.31. The van der Waals surface area contributed by atoms with Crippen LogP contribution in [0.15, 0.2) is 4.99 Å². The van der Waals surface area contributed by atoms with Crippen LogP contribution < -0.4 is 10.6 Å². The number of rotatable bonds is 8. The third-order valence-corrected chi connectivity index (χ3v) is 3.90. The molecule has 6 heteroatoms. The van der Waals surface area contributed by atoms with Gasteiger partial charge in [0.25, 0.3) is 0 Å². The van der Waals surface area contributed by atoms with Crippen molar-refractivity contribution in [2.75, 3.05) is 46.4 Å². The zero-order valence-electron chi connectivity index (χ0n) is 14.7. The molecule has 0 aliphatic carbocycles. The number of nitrogens with zero attached hydrogens (tertiary/aromatic N) is 2. The zero-order valence-corrected chi connectivity index (χ0v) is 17.1. The first kappa shape index (κ1) is 21.9. The van der Waals surface area contributed by atoms with Crippen molar-refractivity contribution in [2.24, 2.45) is 10.9 Å². The third kappa shape index (κ3) is 9.15. The van der Waals surface area contributed by atoms with Crippen molar-refractivity contribution in [3.05, 3.63) is 0 Å². The number of hydrogen-bond acceptors (Lipinski definition) is 3. The lowest BCUT2D eigenvalue weighted by molar-refractivity contribution is 0.178. The first-order valence-corrected chi connectivity index (χ1v) is 8.45. The summed E-state index contributed by atoms with van der Waals surface area (Å²) in [5, 5.41) is 6.70. The number of nitrogens with one attached hydrogen (secondary N) is 2. The molecule has 1 heterocycles. The average Bonchev–Trinajstić information content (AvgIpc) is 2.47. The molecular weight excluding hydrogens is 391 g/mol. The van der Waals surface area contributed by atoms with Crippen LogP contribution in [0.3, 0.4) is 0 Å². The monoisotopic (exact) mass is 426 g/mol. The van der Waals surface area contributed by atoms with E-state index in [0.29, 0.717) is 6.61 Å². The van der Waals surface area contributed by atoms with E-state index < -0.39 is 0 Å². The number of likely N-dealkylation sites (tertiary alicyclic amines) is 1. The topological polar surface area (TPSA) is 48.9 Å². The highest BCUT2D eigenvalue weighted by Gasteiger charge is 2.18. The lowest BCUT2D eigenvalue weighted by atomic mass is 9.97. The van der Waals surface area contributed by atoms with Crippen molar-refractivity contribution in [2.45, 2.75) is 46.1 Å². The second kappa shape index (κ2) is 13.4. The van der Waals surface area contributed by atoms with Gasteiger partial charge in [-0.05, 0) is 58.7 Å². The van der Waals surface area contributed by atoms with Crippen molar-refractivity contribution in [3.8, 4) is 0 Å². The second-order valence-electron chi connectivity index (χ2n) is 6.01. The summed E-state index contributed by atoms with van der Waals surface area (Å²) in [5.74, 6) is 1.64. The molecule has 1 aliphatic rings. The van der Waals surface area contributed by atoms with E-state index in [9.17, 15) is 0 Å². The molecule has 22 heavy (non-hydrogen) atoms. The molecule has 1 fully saturated rings. The van der Waals surface area contributed by atoms with Gasteiger partial charge in [-0.25, -0.2) is 0 Å². The maximum Gasteiger partial charge on any atom is 0.191 e. The predicted octanol–water partition coefficient (Wildman–Crippen LogP) is 2.32. The summed E-state index contributed by atoms with van der Waals surface area (Å²) in [5.41, 5.74) is 0. The van der Waals surface area contributed by atoms with Gasteiger partial charge in [-0.15, -0.1) is 24.0 Å². The van der Waals surface area contributed by atoms with Crippen molar-refractivity contribution in [3.63, 3.8) is 0 Å². The molecule has 2 N–H and O–H groups in total. The summed E-state index contributed by atoms with van der Waals surface area (Å²) < 4.78 is 5.16. The Kier molecular flexibility index (Phi) is 13.3. The van der Waals surface area contributed by atoms with E-state index in [4.69, 9.17) is 9.73 Å². The van der Waals surface area contributed by atoms with E-state index in [1.807, 2.05) is 0 Å². The summed E-state index contributed by atoms with van der Waals surface area (Å²) >= 11 is 0. The minimum absolute atomic E-state index is 0. The van der Waals surface area contributed by atoms with E-state index in [1.54, 1.807) is 7.11 Å². The number of piperidine rings is 1. The largest absolute Gasteiger partial charge is 0.383 e. The van der Waals surface area contributed by atoms with Gasteiger partial charge >= 0.3 is 0 Å². The molecule has 0 aromatic rings. The first-order valence-electron chi connectivity index (χ1n) is 8.45. The number of aliphatic imine (C=N–C) groups is 1. The summed E-state index contributed by atoms with van der Waals surface area (Å²) in [7, 11) is 1.73. The molecule has 5 nitrogen and oxygen atoms in total. The van der Waals surface area contributed by atoms with E-state index in [-0.39, 0.29) is 30.0 Å². The summed E-state index contributed by atoms with van der Waals surface area (Å²) in [6.45, 7) is 12.7. The predicted molar refractivity (Wildman–Crippen MR) is 105 cm³/mol. The van der Waals surface area contributed by atoms with E-state index in [2.05, 4.69) is 36.3 Å². The van der Waals surface area contributed by atoms with Crippen LogP contribution in [0.4, 0.5) is 0 Å². The highest BCUT2D eigenvalue weighted by atomic mass is 127. The van der Waals surface area contributed by atoms with Gasteiger partial charge in [0.15, 0.2) is 5.96 Å². The van der Waals surface area contributed by atoms with Crippen LogP contribution in [0.25, 0.3) is 0 Å². The van der Waals surface area contributed by atoms with Gasteiger partial charge in [-0.2, -0.15) is 0 Å². The highest BCUT2D eigenvalue weighted by molar-refractivity contribution is 14.0. The van der Waals surface area contributed by atoms with Crippen LogP contribution in [0.5, 0.6) is 0 Å². The number of guanidine groups is 1. The molecule has 1 atom stereocenters. The Balaban J connectivity index is 0.00000441. The molecule has 0 radical (unpaired) electrons. The van der Waals surface area contributed by atoms with Gasteiger partial charge < -0.3 is 20.3 Å². The third-order valence-electron chi connectivity index (χ3n) is 3.90. The Bertz CT molecular complexity index is 294. The molecule has 1 saturated heterocycles. The SMILES string of the molecule is CCCN1CCC(CN=C(NCC)NC(C)COC)CC1.I. The Morgan fingerprint density at radius 3 is 2.55 bits per heavy atom. The van der Waals surface area contributed by atoms with Gasteiger partial charge in [-0.1, -0.05) is 6.92 Å². The van der Waals surface area contributed by atoms with Crippen molar-refractivity contribution < 1.29 is 4.74 Å². The fourth-order valence-electron chi connectivity index (χ4n) is 2.77. The fourth-order valence-corrected chi connectivity index (χ4v) is 2.77. The molecular formula is C16H35IN4O. The van der Waals surface area contributed by atoms with Gasteiger partial charge in [0.1, 0.15) is 0 Å². The Morgan fingerprint density at radius 2 is 2.00 bits per heavy atom. The maximum absolute atomic E-state index is 5.16. The van der Waals surface area contributed by atoms with Crippen LogP contribution in [-0.4, -0.2) is 63.3 Å². The van der Waals surface area contributed by atoms with Gasteiger partial charge in [-0.3, -0.25) is 4.99 Å². The van der Waals surface area contributed by atoms with Crippen molar-refractivity contribution in [1.29, 1.82) is 0 Å². The molecule has 0 spiro atoms. The lowest BCUT2D eigenvalue weighted by Crippen LogP contribution is -2.44. The molecule has 0 aromatic heterocycles. The molecule has 0 saturated carbocycles. The molecule has 132 valence electrons. The van der Waals surface area contributed by atoms with Gasteiger partial charge in [0.05, 0.1) is 6.61 Å². The molecule has 0 amide bonds.